The highest BCUT2D eigenvalue weighted by Gasteiger charge is 2.67. The maximum Gasteiger partial charge on any atom is 0.311 e. The molecule has 466 valence electrons. The standard InChI is InChI=1S/C32H56O11Si.C26H42O11/c1-18(2)44(19(3)4)43-25-24(16-20(5)17-38-21(6)33)41-26-27(25)42-32(36-11)14-12-23(13-15-37-30(35)31(8,9)10)40-29(32)28(26)39-22(7)34;1-14(13-33-15(2)27)12-18-19(29)20-21(36-18)22(34-16(3)28)23-26(31-7,37-20)10-8-17(35-23)9-11-32-24(30)25(4,5)6/h18-20,23-29,44H,12-17H2,1-11H3;14,17-23,29H,8-13H2,1-7H3/t20-,23-,24-,25+,26-,27+,28+,29-,32?;14-,17-,18-,19+,20+,21-,22+,23-,26?/m11/s1. The van der Waals surface area contributed by atoms with E-state index in [0.29, 0.717) is 62.4 Å². The number of aliphatic hydroxyl groups excluding tert-OH is 1. The molecule has 6 aliphatic heterocycles. The van der Waals surface area contributed by atoms with Crippen LogP contribution in [0.5, 0.6) is 0 Å². The van der Waals surface area contributed by atoms with E-state index in [1.54, 1.807) is 27.9 Å². The van der Waals surface area contributed by atoms with Gasteiger partial charge in [-0.1, -0.05) is 41.5 Å². The van der Waals surface area contributed by atoms with Crippen LogP contribution in [0.1, 0.15) is 162 Å². The summed E-state index contributed by atoms with van der Waals surface area (Å²) in [7, 11) is 1.33. The molecule has 6 fully saturated rings. The molecule has 0 aromatic carbocycles. The maximum absolute atomic E-state index is 12.5. The molecule has 0 spiro atoms. The minimum atomic E-state index is -1.75. The van der Waals surface area contributed by atoms with E-state index in [1.165, 1.54) is 34.8 Å². The van der Waals surface area contributed by atoms with Crippen LogP contribution in [-0.2, 0) is 99.5 Å². The Morgan fingerprint density at radius 3 is 1.32 bits per heavy atom. The fourth-order valence-corrected chi connectivity index (χ4v) is 14.5. The minimum absolute atomic E-state index is 0.00403. The topological polar surface area (TPSA) is 261 Å². The van der Waals surface area contributed by atoms with E-state index in [2.05, 4.69) is 27.7 Å². The number of aliphatic hydroxyl groups is 1. The zero-order valence-corrected chi connectivity index (χ0v) is 52.6. The van der Waals surface area contributed by atoms with Crippen LogP contribution >= 0.6 is 0 Å². The Hall–Kier alpha value is -3.36. The number of hydrogen-bond acceptors (Lipinski definition) is 22. The number of ether oxygens (including phenoxy) is 14. The Morgan fingerprint density at radius 2 is 0.938 bits per heavy atom. The molecule has 0 aromatic heterocycles. The molecule has 81 heavy (non-hydrogen) atoms. The molecule has 0 aliphatic carbocycles. The lowest BCUT2D eigenvalue weighted by atomic mass is 9.84. The Labute approximate surface area is 481 Å². The zero-order valence-electron chi connectivity index (χ0n) is 51.5. The summed E-state index contributed by atoms with van der Waals surface area (Å²) in [6.07, 6.45) is -5.12. The van der Waals surface area contributed by atoms with E-state index < -0.39 is 111 Å². The van der Waals surface area contributed by atoms with Gasteiger partial charge in [0.15, 0.2) is 45.0 Å². The molecule has 1 N–H and O–H groups in total. The van der Waals surface area contributed by atoms with Crippen molar-refractivity contribution in [3.8, 4) is 0 Å². The van der Waals surface area contributed by atoms with Gasteiger partial charge in [-0.2, -0.15) is 0 Å². The largest absolute Gasteiger partial charge is 0.466 e. The lowest BCUT2D eigenvalue weighted by Crippen LogP contribution is -2.69. The molecule has 22 nitrogen and oxygen atoms in total. The molecule has 0 saturated carbocycles. The van der Waals surface area contributed by atoms with Gasteiger partial charge in [-0.05, 0) is 90.1 Å². The average Bonchev–Trinajstić information content (AvgIpc) is 4.14. The fraction of sp³-hybridized carbons (Fsp3) is 0.897. The van der Waals surface area contributed by atoms with Gasteiger partial charge in [0, 0.05) is 67.6 Å². The van der Waals surface area contributed by atoms with Crippen LogP contribution in [0.3, 0.4) is 0 Å². The van der Waals surface area contributed by atoms with Crippen molar-refractivity contribution in [2.75, 3.05) is 40.6 Å². The average molecular weight is 1180 g/mol. The van der Waals surface area contributed by atoms with Gasteiger partial charge in [0.25, 0.3) is 0 Å². The van der Waals surface area contributed by atoms with Gasteiger partial charge in [0.05, 0.1) is 67.8 Å². The Kier molecular flexibility index (Phi) is 24.6. The normalized spacial score (nSPS) is 34.3. The number of esters is 6. The Morgan fingerprint density at radius 1 is 0.543 bits per heavy atom. The second-order valence-corrected chi connectivity index (χ2v) is 29.6. The SMILES string of the molecule is COC12CC[C@H](CCOC(=O)C(C)(C)C)O[C@@H]1[C@@H](OC(C)=O)[C@@H]1O[C@H](C[C@@H](C)COC(C)=O)[C@H](O)[C@@H]1O2.COC12CC[C@H](CCOC(=O)C(C)(C)C)O[C@@H]1[C@@H](OC(C)=O)[C@@H]1O[C@H](C[C@@H](C)COC(C)=O)[C@H](O[SiH](C(C)C)C(C)C)[C@@H]1O2. The smallest absolute Gasteiger partial charge is 0.311 e. The van der Waals surface area contributed by atoms with Gasteiger partial charge in [0.2, 0.25) is 0 Å². The molecule has 18 atom stereocenters. The first kappa shape index (κ1) is 68.4. The van der Waals surface area contributed by atoms with Crippen molar-refractivity contribution in [1.29, 1.82) is 0 Å². The van der Waals surface area contributed by atoms with Crippen molar-refractivity contribution in [3.05, 3.63) is 0 Å². The monoisotopic (exact) mass is 1170 g/mol. The molecule has 0 amide bonds. The first-order chi connectivity index (χ1) is 37.8. The summed E-state index contributed by atoms with van der Waals surface area (Å²) in [6.45, 7) is 29.7. The molecule has 0 bridgehead atoms. The highest BCUT2D eigenvalue weighted by molar-refractivity contribution is 6.55. The second kappa shape index (κ2) is 29.2. The van der Waals surface area contributed by atoms with Crippen molar-refractivity contribution in [1.82, 2.24) is 0 Å². The number of carbonyl (C=O) groups is 6. The number of methoxy groups -OCH3 is 2. The highest BCUT2D eigenvalue weighted by atomic mass is 28.3. The van der Waals surface area contributed by atoms with Gasteiger partial charge in [0.1, 0.15) is 30.5 Å². The molecule has 0 radical (unpaired) electrons. The lowest BCUT2D eigenvalue weighted by Gasteiger charge is -2.53. The summed E-state index contributed by atoms with van der Waals surface area (Å²) < 4.78 is 90.8. The summed E-state index contributed by atoms with van der Waals surface area (Å²) in [4.78, 5) is 71.6. The number of hydrogen-bond donors (Lipinski definition) is 1. The van der Waals surface area contributed by atoms with Crippen LogP contribution < -0.4 is 0 Å². The summed E-state index contributed by atoms with van der Waals surface area (Å²) in [5.74, 6) is -4.77. The van der Waals surface area contributed by atoms with Gasteiger partial charge < -0.3 is 75.8 Å². The van der Waals surface area contributed by atoms with Crippen LogP contribution in [0, 0.1) is 22.7 Å². The number of rotatable bonds is 22. The van der Waals surface area contributed by atoms with Crippen LogP contribution in [0.2, 0.25) is 11.1 Å². The third-order valence-corrected chi connectivity index (χ3v) is 19.0. The van der Waals surface area contributed by atoms with E-state index in [0.717, 1.165) is 0 Å². The molecular weight excluding hydrogens is 1080 g/mol. The van der Waals surface area contributed by atoms with Crippen LogP contribution in [-0.4, -0.2) is 188 Å². The molecule has 6 heterocycles. The van der Waals surface area contributed by atoms with Crippen molar-refractivity contribution < 1.29 is 105 Å². The molecule has 2 unspecified atom stereocenters. The van der Waals surface area contributed by atoms with Crippen molar-refractivity contribution in [3.63, 3.8) is 0 Å². The van der Waals surface area contributed by atoms with E-state index >= 15 is 0 Å². The first-order valence-corrected chi connectivity index (χ1v) is 30.9. The third-order valence-electron chi connectivity index (χ3n) is 15.7. The second-order valence-electron chi connectivity index (χ2n) is 25.7. The Balaban J connectivity index is 0.000000302. The fourth-order valence-electron chi connectivity index (χ4n) is 11.7. The summed E-state index contributed by atoms with van der Waals surface area (Å²) in [5, 5.41) is 11.1. The Bertz CT molecular complexity index is 2090. The predicted octanol–water partition coefficient (Wildman–Crippen LogP) is 6.38. The minimum Gasteiger partial charge on any atom is -0.466 e. The van der Waals surface area contributed by atoms with Gasteiger partial charge in [-0.15, -0.1) is 0 Å². The van der Waals surface area contributed by atoms with Crippen LogP contribution in [0.15, 0.2) is 0 Å². The van der Waals surface area contributed by atoms with Crippen molar-refractivity contribution in [2.45, 2.75) is 270 Å². The predicted molar refractivity (Wildman–Crippen MR) is 293 cm³/mol. The number of carbonyl (C=O) groups excluding carboxylic acids is 6. The summed E-state index contributed by atoms with van der Waals surface area (Å²) >= 11 is 0. The van der Waals surface area contributed by atoms with E-state index in [1.807, 2.05) is 34.6 Å². The molecule has 6 rings (SSSR count). The number of fused-ring (bicyclic) bond motifs is 4. The van der Waals surface area contributed by atoms with Crippen LogP contribution in [0.4, 0.5) is 0 Å². The van der Waals surface area contributed by atoms with Gasteiger partial charge >= 0.3 is 35.8 Å². The molecule has 23 heteroatoms. The lowest BCUT2D eigenvalue weighted by molar-refractivity contribution is -0.382. The van der Waals surface area contributed by atoms with Crippen molar-refractivity contribution >= 4 is 44.9 Å². The molecule has 0 aromatic rings. The first-order valence-electron chi connectivity index (χ1n) is 29.1. The molecule has 6 aliphatic rings. The highest BCUT2D eigenvalue weighted by Crippen LogP contribution is 2.50. The van der Waals surface area contributed by atoms with E-state index in [4.69, 9.17) is 70.7 Å². The van der Waals surface area contributed by atoms with Crippen molar-refractivity contribution in [2.24, 2.45) is 22.7 Å². The third kappa shape index (κ3) is 17.9. The van der Waals surface area contributed by atoms with Crippen LogP contribution in [0.25, 0.3) is 0 Å². The summed E-state index contributed by atoms with van der Waals surface area (Å²) in [6, 6.07) is 0. The van der Waals surface area contributed by atoms with E-state index in [9.17, 15) is 33.9 Å². The zero-order chi connectivity index (χ0) is 60.5. The van der Waals surface area contributed by atoms with Gasteiger partial charge in [-0.3, -0.25) is 28.8 Å². The summed E-state index contributed by atoms with van der Waals surface area (Å²) in [5.41, 5.74) is -0.450. The molecule has 6 saturated heterocycles. The van der Waals surface area contributed by atoms with E-state index in [-0.39, 0.29) is 80.5 Å². The quantitative estimate of drug-likeness (QED) is 0.0700. The van der Waals surface area contributed by atoms with Gasteiger partial charge in [-0.25, -0.2) is 0 Å². The molecular formula is C58H98O22Si. The maximum atomic E-state index is 12.5.